The average Bonchev–Trinajstić information content (AvgIpc) is 3.23. The minimum absolute atomic E-state index is 0.227. The number of rotatable bonds is 8. The predicted octanol–water partition coefficient (Wildman–Crippen LogP) is 5.45. The third-order valence-corrected chi connectivity index (χ3v) is 4.18. The van der Waals surface area contributed by atoms with Gasteiger partial charge < -0.3 is 4.90 Å². The highest BCUT2D eigenvalue weighted by Gasteiger charge is 2.40. The van der Waals surface area contributed by atoms with Crippen molar-refractivity contribution in [2.45, 2.75) is 66.3 Å². The Balaban J connectivity index is 3.07. The van der Waals surface area contributed by atoms with Gasteiger partial charge in [0.15, 0.2) is 0 Å². The summed E-state index contributed by atoms with van der Waals surface area (Å²) in [4.78, 5) is 15.2. The molecule has 0 aromatic heterocycles. The molecule has 1 amide bonds. The molecule has 1 rings (SSSR count). The van der Waals surface area contributed by atoms with E-state index in [2.05, 4.69) is 18.4 Å². The number of allylic oxidation sites excluding steroid dienone is 4. The van der Waals surface area contributed by atoms with Crippen LogP contribution in [0.25, 0.3) is 0 Å². The highest BCUT2D eigenvalue weighted by atomic mass is 35.5. The number of carbonyl (C=O) groups excluding carboxylic acids is 1. The van der Waals surface area contributed by atoms with Gasteiger partial charge in [-0.1, -0.05) is 42.3 Å². The number of nitrogens with zero attached hydrogens (tertiary/aromatic N) is 1. The Morgan fingerprint density at radius 1 is 1.32 bits per heavy atom. The van der Waals surface area contributed by atoms with Crippen LogP contribution in [0.4, 0.5) is 0 Å². The monoisotopic (exact) mass is 323 g/mol. The smallest absolute Gasteiger partial charge is 0.232 e. The number of halogens is 1. The standard InChI is InChI=1S/C19H30ClNO/c1-7-12-21(17-10-11-17)18(22)19(5,6)16(13-14(2)3)9-8-15(4)20/h8-9,17H,2,7,10-13H2,1,3-6H3/b15-8+,16-9+. The second-order valence-electron chi connectivity index (χ2n) is 6.93. The highest BCUT2D eigenvalue weighted by molar-refractivity contribution is 6.29. The van der Waals surface area contributed by atoms with E-state index in [9.17, 15) is 4.79 Å². The molecule has 0 bridgehead atoms. The third-order valence-electron chi connectivity index (χ3n) is 4.06. The van der Waals surface area contributed by atoms with Gasteiger partial charge in [0.05, 0.1) is 5.41 Å². The molecule has 0 aliphatic heterocycles. The number of hydrogen-bond acceptors (Lipinski definition) is 1. The molecule has 0 saturated heterocycles. The SMILES string of the molecule is C=C(C)C/C(=C\C=C(/C)Cl)C(C)(C)C(=O)N(CCC)C1CC1. The minimum Gasteiger partial charge on any atom is -0.339 e. The van der Waals surface area contributed by atoms with Gasteiger partial charge in [-0.25, -0.2) is 0 Å². The van der Waals surface area contributed by atoms with Gasteiger partial charge >= 0.3 is 0 Å². The van der Waals surface area contributed by atoms with E-state index in [0.29, 0.717) is 6.04 Å². The molecule has 0 atom stereocenters. The van der Waals surface area contributed by atoms with Crippen LogP contribution in [0.5, 0.6) is 0 Å². The molecule has 0 spiro atoms. The summed E-state index contributed by atoms with van der Waals surface area (Å²) >= 11 is 5.96. The van der Waals surface area contributed by atoms with E-state index in [1.54, 1.807) is 0 Å². The molecule has 3 heteroatoms. The van der Waals surface area contributed by atoms with Crippen molar-refractivity contribution >= 4 is 17.5 Å². The largest absolute Gasteiger partial charge is 0.339 e. The lowest BCUT2D eigenvalue weighted by atomic mass is 9.79. The molecule has 2 nitrogen and oxygen atoms in total. The van der Waals surface area contributed by atoms with Crippen LogP contribution in [-0.4, -0.2) is 23.4 Å². The average molecular weight is 324 g/mol. The summed E-state index contributed by atoms with van der Waals surface area (Å²) in [5.41, 5.74) is 1.60. The minimum atomic E-state index is -0.528. The van der Waals surface area contributed by atoms with E-state index < -0.39 is 5.41 Å². The van der Waals surface area contributed by atoms with Crippen LogP contribution in [0.2, 0.25) is 0 Å². The Morgan fingerprint density at radius 2 is 1.91 bits per heavy atom. The first-order valence-corrected chi connectivity index (χ1v) is 8.56. The second kappa shape index (κ2) is 8.01. The van der Waals surface area contributed by atoms with Crippen LogP contribution < -0.4 is 0 Å². The fraction of sp³-hybridized carbons (Fsp3) is 0.632. The molecule has 0 radical (unpaired) electrons. The summed E-state index contributed by atoms with van der Waals surface area (Å²) in [5, 5.41) is 0.718. The molecule has 22 heavy (non-hydrogen) atoms. The predicted molar refractivity (Wildman–Crippen MR) is 95.9 cm³/mol. The van der Waals surface area contributed by atoms with Crippen LogP contribution in [0.3, 0.4) is 0 Å². The highest BCUT2D eigenvalue weighted by Crippen LogP contribution is 2.37. The summed E-state index contributed by atoms with van der Waals surface area (Å²) in [6.45, 7) is 14.9. The Bertz CT molecular complexity index is 480. The van der Waals surface area contributed by atoms with Crippen LogP contribution in [0.15, 0.2) is 34.9 Å². The van der Waals surface area contributed by atoms with Crippen molar-refractivity contribution in [3.05, 3.63) is 34.9 Å². The quantitative estimate of drug-likeness (QED) is 0.429. The van der Waals surface area contributed by atoms with Crippen LogP contribution in [0.1, 0.15) is 60.3 Å². The van der Waals surface area contributed by atoms with Gasteiger partial charge in [0, 0.05) is 17.6 Å². The molecule has 0 unspecified atom stereocenters. The molecule has 0 N–H and O–H groups in total. The van der Waals surface area contributed by atoms with Gasteiger partial charge in [-0.3, -0.25) is 4.79 Å². The molecule has 0 aromatic carbocycles. The molecular formula is C19H30ClNO. The summed E-state index contributed by atoms with van der Waals surface area (Å²) in [5.74, 6) is 0.227. The summed E-state index contributed by atoms with van der Waals surface area (Å²) in [6.07, 6.45) is 7.87. The lowest BCUT2D eigenvalue weighted by molar-refractivity contribution is -0.139. The van der Waals surface area contributed by atoms with Crippen LogP contribution >= 0.6 is 11.6 Å². The Labute approximate surface area is 140 Å². The van der Waals surface area contributed by atoms with Crippen molar-refractivity contribution in [1.82, 2.24) is 4.90 Å². The van der Waals surface area contributed by atoms with Crippen molar-refractivity contribution in [2.24, 2.45) is 5.41 Å². The maximum Gasteiger partial charge on any atom is 0.232 e. The third kappa shape index (κ3) is 5.31. The summed E-state index contributed by atoms with van der Waals surface area (Å²) in [7, 11) is 0. The molecule has 1 aliphatic rings. The Morgan fingerprint density at radius 3 is 2.32 bits per heavy atom. The van der Waals surface area contributed by atoms with Gasteiger partial charge in [-0.15, -0.1) is 0 Å². The fourth-order valence-electron chi connectivity index (χ4n) is 2.60. The number of amides is 1. The normalized spacial score (nSPS) is 16.6. The molecule has 0 aromatic rings. The van der Waals surface area contributed by atoms with Crippen molar-refractivity contribution in [3.63, 3.8) is 0 Å². The van der Waals surface area contributed by atoms with Crippen molar-refractivity contribution in [3.8, 4) is 0 Å². The zero-order chi connectivity index (χ0) is 16.9. The first kappa shape index (κ1) is 19.0. The summed E-state index contributed by atoms with van der Waals surface area (Å²) < 4.78 is 0. The number of hydrogen-bond donors (Lipinski definition) is 0. The van der Waals surface area contributed by atoms with Crippen LogP contribution in [0, 0.1) is 5.41 Å². The first-order chi connectivity index (χ1) is 10.2. The fourth-order valence-corrected chi connectivity index (χ4v) is 2.67. The van der Waals surface area contributed by atoms with Gasteiger partial charge in [0.25, 0.3) is 0 Å². The second-order valence-corrected chi connectivity index (χ2v) is 7.53. The van der Waals surface area contributed by atoms with Gasteiger partial charge in [0.2, 0.25) is 5.91 Å². The van der Waals surface area contributed by atoms with E-state index in [0.717, 1.165) is 48.4 Å². The zero-order valence-corrected chi connectivity index (χ0v) is 15.5. The van der Waals surface area contributed by atoms with Gasteiger partial charge in [-0.2, -0.15) is 0 Å². The van der Waals surface area contributed by atoms with Crippen molar-refractivity contribution < 1.29 is 4.79 Å². The van der Waals surface area contributed by atoms with E-state index in [1.165, 1.54) is 0 Å². The van der Waals surface area contributed by atoms with E-state index in [1.807, 2.05) is 39.8 Å². The molecule has 1 saturated carbocycles. The van der Waals surface area contributed by atoms with E-state index in [4.69, 9.17) is 11.6 Å². The molecule has 0 heterocycles. The Hall–Kier alpha value is -1.02. The topological polar surface area (TPSA) is 20.3 Å². The molecule has 1 aliphatic carbocycles. The van der Waals surface area contributed by atoms with E-state index >= 15 is 0 Å². The van der Waals surface area contributed by atoms with E-state index in [-0.39, 0.29) is 5.91 Å². The lowest BCUT2D eigenvalue weighted by Crippen LogP contribution is -2.43. The first-order valence-electron chi connectivity index (χ1n) is 8.19. The molecule has 1 fully saturated rings. The molecule has 124 valence electrons. The van der Waals surface area contributed by atoms with Crippen molar-refractivity contribution in [2.75, 3.05) is 6.54 Å². The van der Waals surface area contributed by atoms with Gasteiger partial charge in [0.1, 0.15) is 0 Å². The van der Waals surface area contributed by atoms with Crippen molar-refractivity contribution in [1.29, 1.82) is 0 Å². The lowest BCUT2D eigenvalue weighted by Gasteiger charge is -2.34. The zero-order valence-electron chi connectivity index (χ0n) is 14.7. The molecular weight excluding hydrogens is 294 g/mol. The summed E-state index contributed by atoms with van der Waals surface area (Å²) in [6, 6.07) is 0.447. The maximum atomic E-state index is 13.1. The van der Waals surface area contributed by atoms with Crippen LogP contribution in [-0.2, 0) is 4.79 Å². The number of carbonyl (C=O) groups is 1. The maximum absolute atomic E-state index is 13.1. The van der Waals surface area contributed by atoms with Gasteiger partial charge in [-0.05, 0) is 59.5 Å². The Kier molecular flexibility index (Phi) is 6.93.